The summed E-state index contributed by atoms with van der Waals surface area (Å²) in [5.41, 5.74) is 0.135. The van der Waals surface area contributed by atoms with Gasteiger partial charge in [0, 0.05) is 11.1 Å². The number of benzene rings is 1. The van der Waals surface area contributed by atoms with Crippen LogP contribution < -0.4 is 0 Å². The molecule has 1 aromatic rings. The van der Waals surface area contributed by atoms with Crippen molar-refractivity contribution in [3.63, 3.8) is 0 Å². The number of Topliss-reactive ketones (excluding diaryl/α,β-unsaturated/α-hetero) is 1. The predicted octanol–water partition coefficient (Wildman–Crippen LogP) is 4.28. The Kier molecular flexibility index (Phi) is 2.98. The summed E-state index contributed by atoms with van der Waals surface area (Å²) in [5, 5.41) is 0. The summed E-state index contributed by atoms with van der Waals surface area (Å²) in [6.45, 7) is 3.82. The second-order valence-corrected chi connectivity index (χ2v) is 5.25. The lowest BCUT2D eigenvalue weighted by Crippen LogP contribution is -2.24. The lowest BCUT2D eigenvalue weighted by molar-refractivity contribution is 0.0999. The highest BCUT2D eigenvalue weighted by Gasteiger charge is 2.31. The third kappa shape index (κ3) is 2.35. The van der Waals surface area contributed by atoms with Gasteiger partial charge in [-0.3, -0.25) is 4.79 Å². The van der Waals surface area contributed by atoms with Crippen LogP contribution in [0.3, 0.4) is 0 Å². The molecule has 1 aromatic carbocycles. The van der Waals surface area contributed by atoms with Crippen LogP contribution in [0.2, 0.25) is 0 Å². The van der Waals surface area contributed by atoms with Crippen LogP contribution >= 0.6 is 0 Å². The van der Waals surface area contributed by atoms with Gasteiger partial charge in [0.25, 0.3) is 0 Å². The van der Waals surface area contributed by atoms with E-state index in [-0.39, 0.29) is 11.3 Å². The number of carbonyl (C=O) groups is 1. The van der Waals surface area contributed by atoms with E-state index in [2.05, 4.69) is 0 Å². The average Bonchev–Trinajstić information content (AvgIpc) is 2.31. The molecule has 0 atom stereocenters. The molecule has 1 aliphatic carbocycles. The molecule has 0 amide bonds. The molecule has 2 rings (SSSR count). The lowest BCUT2D eigenvalue weighted by Gasteiger charge is -2.30. The van der Waals surface area contributed by atoms with Gasteiger partial charge in [0.15, 0.2) is 17.4 Å². The van der Waals surface area contributed by atoms with Crippen LogP contribution in [-0.2, 0) is 0 Å². The Morgan fingerprint density at radius 1 is 1.33 bits per heavy atom. The van der Waals surface area contributed by atoms with Gasteiger partial charge in [0.05, 0.1) is 1.37 Å². The van der Waals surface area contributed by atoms with E-state index in [4.69, 9.17) is 1.37 Å². The lowest BCUT2D eigenvalue weighted by atomic mass is 9.73. The Morgan fingerprint density at radius 3 is 2.67 bits per heavy atom. The first-order valence-corrected chi connectivity index (χ1v) is 6.03. The Bertz CT molecular complexity index is 561. The molecule has 0 aliphatic heterocycles. The monoisotopic (exact) mass is 251 g/mol. The topological polar surface area (TPSA) is 17.1 Å². The van der Waals surface area contributed by atoms with Crippen LogP contribution in [0, 0.1) is 17.0 Å². The Labute approximate surface area is 107 Å². The van der Waals surface area contributed by atoms with Crippen molar-refractivity contribution in [1.82, 2.24) is 0 Å². The van der Waals surface area contributed by atoms with Gasteiger partial charge in [0.1, 0.15) is 0 Å². The molecular weight excluding hydrogens is 234 g/mol. The predicted molar refractivity (Wildman–Crippen MR) is 66.4 cm³/mol. The molecule has 96 valence electrons. The van der Waals surface area contributed by atoms with Crippen molar-refractivity contribution in [2.45, 2.75) is 33.1 Å². The third-order valence-electron chi connectivity index (χ3n) is 3.37. The molecule has 0 saturated heterocycles. The van der Waals surface area contributed by atoms with Crippen LogP contribution in [0.15, 0.2) is 29.8 Å². The standard InChI is InChI=1S/C15H16F2O/c1-15(2)8-4-3-5-11(15)14(18)10-6-7-12(16)13(17)9-10/h5-7,9H,3-4,8H2,1-2H3/i5D. The van der Waals surface area contributed by atoms with Crippen molar-refractivity contribution in [1.29, 1.82) is 0 Å². The van der Waals surface area contributed by atoms with E-state index in [1.54, 1.807) is 0 Å². The maximum atomic E-state index is 13.2. The van der Waals surface area contributed by atoms with E-state index in [0.717, 1.165) is 25.0 Å². The molecule has 0 saturated carbocycles. The largest absolute Gasteiger partial charge is 0.289 e. The molecule has 0 aromatic heterocycles. The van der Waals surface area contributed by atoms with E-state index in [0.29, 0.717) is 18.0 Å². The molecule has 18 heavy (non-hydrogen) atoms. The molecule has 1 aliphatic rings. The fourth-order valence-corrected chi connectivity index (χ4v) is 2.28. The van der Waals surface area contributed by atoms with E-state index in [1.165, 1.54) is 6.07 Å². The molecule has 0 N–H and O–H groups in total. The van der Waals surface area contributed by atoms with Crippen LogP contribution in [0.5, 0.6) is 0 Å². The van der Waals surface area contributed by atoms with Crippen molar-refractivity contribution < 1.29 is 14.9 Å². The first-order chi connectivity index (χ1) is 8.83. The number of hydrogen-bond acceptors (Lipinski definition) is 1. The zero-order valence-corrected chi connectivity index (χ0v) is 10.5. The number of hydrogen-bond donors (Lipinski definition) is 0. The Balaban J connectivity index is 2.45. The molecule has 0 bridgehead atoms. The van der Waals surface area contributed by atoms with Crippen molar-refractivity contribution >= 4 is 5.78 Å². The SMILES string of the molecule is [2H]C1=C(C(=O)c2ccc(F)c(F)c2)C(C)(C)CCC1. The summed E-state index contributed by atoms with van der Waals surface area (Å²) in [7, 11) is 0. The molecule has 3 heteroatoms. The third-order valence-corrected chi connectivity index (χ3v) is 3.37. The summed E-state index contributed by atoms with van der Waals surface area (Å²) < 4.78 is 34.1. The second-order valence-electron chi connectivity index (χ2n) is 5.25. The van der Waals surface area contributed by atoms with Crippen LogP contribution in [0.1, 0.15) is 44.8 Å². The van der Waals surface area contributed by atoms with E-state index in [1.807, 2.05) is 13.8 Å². The molecular formula is C15H16F2O. The first-order valence-electron chi connectivity index (χ1n) is 6.53. The Hall–Kier alpha value is -1.51. The van der Waals surface area contributed by atoms with Gasteiger partial charge in [-0.1, -0.05) is 19.9 Å². The van der Waals surface area contributed by atoms with Gasteiger partial charge in [-0.25, -0.2) is 8.78 Å². The van der Waals surface area contributed by atoms with Gasteiger partial charge in [0.2, 0.25) is 0 Å². The summed E-state index contributed by atoms with van der Waals surface area (Å²) >= 11 is 0. The van der Waals surface area contributed by atoms with Gasteiger partial charge in [-0.05, 0) is 42.9 Å². The van der Waals surface area contributed by atoms with E-state index in [9.17, 15) is 13.6 Å². The van der Waals surface area contributed by atoms with Crippen LogP contribution in [0.25, 0.3) is 0 Å². The Morgan fingerprint density at radius 2 is 2.06 bits per heavy atom. The molecule has 0 radical (unpaired) electrons. The zero-order valence-electron chi connectivity index (χ0n) is 11.5. The maximum absolute atomic E-state index is 13.2. The van der Waals surface area contributed by atoms with Crippen molar-refractivity contribution in [2.75, 3.05) is 0 Å². The second kappa shape index (κ2) is 4.63. The summed E-state index contributed by atoms with van der Waals surface area (Å²) in [4.78, 5) is 12.4. The summed E-state index contributed by atoms with van der Waals surface area (Å²) in [6, 6.07) is 3.43. The number of allylic oxidation sites excluding steroid dienone is 2. The van der Waals surface area contributed by atoms with Crippen molar-refractivity contribution in [2.24, 2.45) is 5.41 Å². The molecule has 0 heterocycles. The fourth-order valence-electron chi connectivity index (χ4n) is 2.28. The fraction of sp³-hybridized carbons (Fsp3) is 0.400. The maximum Gasteiger partial charge on any atom is 0.189 e. The van der Waals surface area contributed by atoms with Crippen LogP contribution in [-0.4, -0.2) is 5.78 Å². The minimum absolute atomic E-state index is 0.105. The van der Waals surface area contributed by atoms with Gasteiger partial charge >= 0.3 is 0 Å². The van der Waals surface area contributed by atoms with Crippen LogP contribution in [0.4, 0.5) is 8.78 Å². The number of carbonyl (C=O) groups excluding carboxylic acids is 1. The molecule has 0 fully saturated rings. The smallest absolute Gasteiger partial charge is 0.189 e. The minimum Gasteiger partial charge on any atom is -0.289 e. The highest BCUT2D eigenvalue weighted by molar-refractivity contribution is 6.09. The summed E-state index contributed by atoms with van der Waals surface area (Å²) in [6.07, 6.45) is 2.26. The molecule has 0 unspecified atom stereocenters. The molecule has 1 nitrogen and oxygen atoms in total. The number of ketones is 1. The highest BCUT2D eigenvalue weighted by Crippen LogP contribution is 2.38. The van der Waals surface area contributed by atoms with E-state index < -0.39 is 17.0 Å². The minimum atomic E-state index is -1.04. The van der Waals surface area contributed by atoms with Gasteiger partial charge in [-0.15, -0.1) is 0 Å². The van der Waals surface area contributed by atoms with E-state index >= 15 is 0 Å². The van der Waals surface area contributed by atoms with Gasteiger partial charge in [-0.2, -0.15) is 0 Å². The number of halogens is 2. The average molecular weight is 251 g/mol. The highest BCUT2D eigenvalue weighted by atomic mass is 19.2. The molecule has 0 spiro atoms. The van der Waals surface area contributed by atoms with Gasteiger partial charge < -0.3 is 0 Å². The zero-order chi connectivity index (χ0) is 14.2. The normalized spacial score (nSPS) is 19.7. The van der Waals surface area contributed by atoms with Crippen molar-refractivity contribution in [3.8, 4) is 0 Å². The summed E-state index contributed by atoms with van der Waals surface area (Å²) in [5.74, 6) is -2.38. The number of rotatable bonds is 2. The van der Waals surface area contributed by atoms with Crippen molar-refractivity contribution in [3.05, 3.63) is 47.0 Å². The quantitative estimate of drug-likeness (QED) is 0.717. The first kappa shape index (κ1) is 11.6.